The van der Waals surface area contributed by atoms with Crippen molar-refractivity contribution in [3.05, 3.63) is 12.7 Å². The van der Waals surface area contributed by atoms with Gasteiger partial charge in [-0.1, -0.05) is 13.0 Å². The highest BCUT2D eigenvalue weighted by Crippen LogP contribution is 2.01. The number of carbonyl (C=O) groups is 1. The van der Waals surface area contributed by atoms with Gasteiger partial charge in [0.15, 0.2) is 0 Å². The number of carbonyl (C=O) groups excluding carboxylic acids is 1. The van der Waals surface area contributed by atoms with Gasteiger partial charge in [-0.25, -0.2) is 0 Å². The smallest absolute Gasteiger partial charge is 0.325 e. The Bertz CT molecular complexity index is 182. The minimum atomic E-state index is -0.698. The predicted molar refractivity (Wildman–Crippen MR) is 54.9 cm³/mol. The monoisotopic (exact) mass is 201 g/mol. The van der Waals surface area contributed by atoms with E-state index in [1.54, 1.807) is 13.1 Å². The van der Waals surface area contributed by atoms with Crippen LogP contribution < -0.4 is 5.32 Å². The third-order valence-electron chi connectivity index (χ3n) is 1.93. The van der Waals surface area contributed by atoms with Crippen molar-refractivity contribution < 1.29 is 14.6 Å². The first-order chi connectivity index (χ1) is 6.67. The molecule has 0 saturated heterocycles. The summed E-state index contributed by atoms with van der Waals surface area (Å²) in [5, 5.41) is 12.2. The zero-order valence-corrected chi connectivity index (χ0v) is 8.82. The molecule has 0 fully saturated rings. The van der Waals surface area contributed by atoms with Crippen molar-refractivity contribution in [2.75, 3.05) is 13.7 Å². The van der Waals surface area contributed by atoms with Crippen LogP contribution in [0.1, 0.15) is 19.8 Å². The van der Waals surface area contributed by atoms with Crippen LogP contribution in [-0.4, -0.2) is 36.9 Å². The van der Waals surface area contributed by atoms with E-state index in [0.29, 0.717) is 19.4 Å². The molecule has 0 spiro atoms. The lowest BCUT2D eigenvalue weighted by Gasteiger charge is -2.19. The Morgan fingerprint density at radius 1 is 1.71 bits per heavy atom. The molecule has 0 aromatic heterocycles. The van der Waals surface area contributed by atoms with Gasteiger partial charge in [-0.2, -0.15) is 0 Å². The summed E-state index contributed by atoms with van der Waals surface area (Å²) in [6.45, 7) is 5.65. The minimum absolute atomic E-state index is 0.316. The molecule has 82 valence electrons. The van der Waals surface area contributed by atoms with Gasteiger partial charge in [-0.15, -0.1) is 6.58 Å². The Hall–Kier alpha value is -0.870. The topological polar surface area (TPSA) is 58.6 Å². The number of aliphatic hydroxyl groups excluding tert-OH is 1. The van der Waals surface area contributed by atoms with Gasteiger partial charge in [0.2, 0.25) is 0 Å². The van der Waals surface area contributed by atoms with Crippen molar-refractivity contribution in [1.29, 1.82) is 0 Å². The number of hydrogen-bond acceptors (Lipinski definition) is 4. The van der Waals surface area contributed by atoms with Gasteiger partial charge in [-0.05, 0) is 19.9 Å². The second kappa shape index (κ2) is 7.53. The highest BCUT2D eigenvalue weighted by Gasteiger charge is 2.24. The first-order valence-electron chi connectivity index (χ1n) is 4.80. The summed E-state index contributed by atoms with van der Waals surface area (Å²) < 4.78 is 4.93. The molecule has 0 amide bonds. The molecule has 0 aliphatic carbocycles. The van der Waals surface area contributed by atoms with Crippen LogP contribution in [0.3, 0.4) is 0 Å². The minimum Gasteiger partial charge on any atom is -0.464 e. The lowest BCUT2D eigenvalue weighted by atomic mass is 10.1. The molecule has 0 bridgehead atoms. The first kappa shape index (κ1) is 13.1. The standard InChI is InChI=1S/C10H19NO3/c1-4-6-7-14-10(13)9(11-3)8(12)5-2/h4,8-9,11-12H,1,5-7H2,2-3H3/t8-,9+/m1/s1. The number of rotatable bonds is 7. The van der Waals surface area contributed by atoms with Gasteiger partial charge in [0.05, 0.1) is 12.7 Å². The Morgan fingerprint density at radius 2 is 2.36 bits per heavy atom. The van der Waals surface area contributed by atoms with Gasteiger partial charge in [0.1, 0.15) is 6.04 Å². The van der Waals surface area contributed by atoms with Crippen molar-refractivity contribution in [3.63, 3.8) is 0 Å². The van der Waals surface area contributed by atoms with Crippen molar-refractivity contribution in [2.24, 2.45) is 0 Å². The number of ether oxygens (including phenoxy) is 1. The maximum absolute atomic E-state index is 11.4. The van der Waals surface area contributed by atoms with Gasteiger partial charge < -0.3 is 15.2 Å². The Balaban J connectivity index is 3.97. The van der Waals surface area contributed by atoms with Gasteiger partial charge in [-0.3, -0.25) is 4.79 Å². The average Bonchev–Trinajstić information content (AvgIpc) is 2.19. The van der Waals surface area contributed by atoms with E-state index < -0.39 is 18.1 Å². The van der Waals surface area contributed by atoms with E-state index in [1.165, 1.54) is 0 Å². The average molecular weight is 201 g/mol. The van der Waals surface area contributed by atoms with Crippen LogP contribution in [-0.2, 0) is 9.53 Å². The highest BCUT2D eigenvalue weighted by molar-refractivity contribution is 5.76. The van der Waals surface area contributed by atoms with E-state index in [1.807, 2.05) is 6.92 Å². The van der Waals surface area contributed by atoms with Gasteiger partial charge in [0.25, 0.3) is 0 Å². The maximum atomic E-state index is 11.4. The van der Waals surface area contributed by atoms with Crippen LogP contribution in [0, 0.1) is 0 Å². The van der Waals surface area contributed by atoms with Crippen molar-refractivity contribution in [3.8, 4) is 0 Å². The summed E-state index contributed by atoms with van der Waals surface area (Å²) in [6, 6.07) is -0.634. The third-order valence-corrected chi connectivity index (χ3v) is 1.93. The molecule has 0 rings (SSSR count). The fourth-order valence-electron chi connectivity index (χ4n) is 1.04. The molecule has 14 heavy (non-hydrogen) atoms. The molecule has 0 aliphatic rings. The fraction of sp³-hybridized carbons (Fsp3) is 0.700. The van der Waals surface area contributed by atoms with Crippen LogP contribution in [0.5, 0.6) is 0 Å². The molecular weight excluding hydrogens is 182 g/mol. The Morgan fingerprint density at radius 3 is 2.79 bits per heavy atom. The first-order valence-corrected chi connectivity index (χ1v) is 4.80. The molecule has 2 N–H and O–H groups in total. The lowest BCUT2D eigenvalue weighted by Crippen LogP contribution is -2.45. The van der Waals surface area contributed by atoms with E-state index in [-0.39, 0.29) is 0 Å². The molecule has 4 heteroatoms. The molecule has 0 aromatic rings. The van der Waals surface area contributed by atoms with Crippen LogP contribution in [0.2, 0.25) is 0 Å². The van der Waals surface area contributed by atoms with Crippen molar-refractivity contribution >= 4 is 5.97 Å². The molecule has 0 aliphatic heterocycles. The molecule has 0 saturated carbocycles. The molecule has 0 heterocycles. The highest BCUT2D eigenvalue weighted by atomic mass is 16.5. The van der Waals surface area contributed by atoms with Gasteiger partial charge >= 0.3 is 5.97 Å². The molecule has 0 aromatic carbocycles. The predicted octanol–water partition coefficient (Wildman–Crippen LogP) is 0.465. The van der Waals surface area contributed by atoms with Crippen LogP contribution in [0.15, 0.2) is 12.7 Å². The summed E-state index contributed by atoms with van der Waals surface area (Å²) in [5.74, 6) is -0.413. The normalized spacial score (nSPS) is 14.5. The largest absolute Gasteiger partial charge is 0.464 e. The number of likely N-dealkylation sites (N-methyl/N-ethyl adjacent to an activating group) is 1. The second-order valence-electron chi connectivity index (χ2n) is 2.99. The quantitative estimate of drug-likeness (QED) is 0.357. The fourth-order valence-corrected chi connectivity index (χ4v) is 1.04. The van der Waals surface area contributed by atoms with Crippen molar-refractivity contribution in [1.82, 2.24) is 5.32 Å². The van der Waals surface area contributed by atoms with E-state index in [0.717, 1.165) is 0 Å². The molecule has 2 atom stereocenters. The SMILES string of the molecule is C=CCCOC(=O)[C@@H](NC)[C@H](O)CC. The second-order valence-corrected chi connectivity index (χ2v) is 2.99. The zero-order valence-electron chi connectivity index (χ0n) is 8.82. The van der Waals surface area contributed by atoms with Crippen molar-refractivity contribution in [2.45, 2.75) is 31.9 Å². The summed E-state index contributed by atoms with van der Waals surface area (Å²) in [5.41, 5.74) is 0. The molecule has 4 nitrogen and oxygen atoms in total. The number of nitrogens with one attached hydrogen (secondary N) is 1. The van der Waals surface area contributed by atoms with E-state index in [2.05, 4.69) is 11.9 Å². The maximum Gasteiger partial charge on any atom is 0.325 e. The summed E-state index contributed by atoms with van der Waals surface area (Å²) in [7, 11) is 1.62. The third kappa shape index (κ3) is 4.39. The Kier molecular flexibility index (Phi) is 7.06. The van der Waals surface area contributed by atoms with Crippen LogP contribution in [0.25, 0.3) is 0 Å². The van der Waals surface area contributed by atoms with Gasteiger partial charge in [0, 0.05) is 0 Å². The zero-order chi connectivity index (χ0) is 11.0. The number of aliphatic hydroxyl groups is 1. The Labute approximate surface area is 85.0 Å². The number of hydrogen-bond donors (Lipinski definition) is 2. The van der Waals surface area contributed by atoms with Crippen LogP contribution in [0.4, 0.5) is 0 Å². The molecule has 0 radical (unpaired) electrons. The molecule has 0 unspecified atom stereocenters. The summed E-state index contributed by atoms with van der Waals surface area (Å²) in [4.78, 5) is 11.4. The molecular formula is C10H19NO3. The number of esters is 1. The van der Waals surface area contributed by atoms with E-state index in [4.69, 9.17) is 4.74 Å². The summed E-state index contributed by atoms with van der Waals surface area (Å²) in [6.07, 6.45) is 2.13. The lowest BCUT2D eigenvalue weighted by molar-refractivity contribution is -0.149. The van der Waals surface area contributed by atoms with E-state index >= 15 is 0 Å². The van der Waals surface area contributed by atoms with Crippen LogP contribution >= 0.6 is 0 Å². The van der Waals surface area contributed by atoms with E-state index in [9.17, 15) is 9.90 Å². The summed E-state index contributed by atoms with van der Waals surface area (Å²) >= 11 is 0.